The monoisotopic (exact) mass is 192 g/mol. The largest absolute Gasteiger partial charge is 0.486 e. The van der Waals surface area contributed by atoms with Crippen LogP contribution in [0.4, 0.5) is 0 Å². The van der Waals surface area contributed by atoms with Crippen LogP contribution in [0.5, 0.6) is 0 Å². The average Bonchev–Trinajstić information content (AvgIpc) is 2.67. The van der Waals surface area contributed by atoms with E-state index in [1.54, 1.807) is 0 Å². The molecular weight excluding hydrogens is 176 g/mol. The fourth-order valence-corrected chi connectivity index (χ4v) is 2.12. The molecule has 2 atom stereocenters. The summed E-state index contributed by atoms with van der Waals surface area (Å²) in [7, 11) is -1.89. The van der Waals surface area contributed by atoms with Gasteiger partial charge in [-0.25, -0.2) is 0 Å². The average molecular weight is 192 g/mol. The van der Waals surface area contributed by atoms with Crippen molar-refractivity contribution in [1.82, 2.24) is 0 Å². The van der Waals surface area contributed by atoms with Crippen LogP contribution in [0.15, 0.2) is 0 Å². The summed E-state index contributed by atoms with van der Waals surface area (Å²) in [6.45, 7) is 7.10. The Morgan fingerprint density at radius 1 is 1.25 bits per heavy atom. The molecule has 0 amide bonds. The van der Waals surface area contributed by atoms with Gasteiger partial charge in [0.25, 0.3) is 0 Å². The van der Waals surface area contributed by atoms with Crippen molar-refractivity contribution in [2.75, 3.05) is 13.2 Å². The summed E-state index contributed by atoms with van der Waals surface area (Å²) in [4.78, 5) is 0. The van der Waals surface area contributed by atoms with Crippen molar-refractivity contribution in [3.63, 3.8) is 0 Å². The van der Waals surface area contributed by atoms with Crippen molar-refractivity contribution in [2.45, 2.75) is 33.2 Å². The Bertz CT molecular complexity index is 127. The van der Waals surface area contributed by atoms with Crippen molar-refractivity contribution >= 4 is 9.53 Å². The predicted octanol–water partition coefficient (Wildman–Crippen LogP) is 0.538. The molecule has 0 aliphatic carbocycles. The summed E-state index contributed by atoms with van der Waals surface area (Å²) in [6.07, 6.45) is 0.126. The Hall–Kier alpha value is 0.0569. The van der Waals surface area contributed by atoms with Gasteiger partial charge in [0, 0.05) is 13.2 Å². The van der Waals surface area contributed by atoms with Crippen molar-refractivity contribution < 1.29 is 18.0 Å². The van der Waals surface area contributed by atoms with E-state index in [1.807, 2.05) is 20.8 Å². The molecule has 0 radical (unpaired) electrons. The van der Waals surface area contributed by atoms with Gasteiger partial charge in [-0.05, 0) is 20.8 Å². The molecule has 72 valence electrons. The second-order valence-electron chi connectivity index (χ2n) is 2.55. The van der Waals surface area contributed by atoms with Gasteiger partial charge in [-0.15, -0.1) is 0 Å². The molecule has 0 saturated carbocycles. The molecule has 1 aliphatic rings. The first-order chi connectivity index (χ1) is 5.77. The van der Waals surface area contributed by atoms with E-state index < -0.39 is 9.53 Å². The molecule has 0 aromatic rings. The second-order valence-corrected chi connectivity index (χ2v) is 4.06. The van der Waals surface area contributed by atoms with E-state index in [0.29, 0.717) is 13.2 Å². The van der Waals surface area contributed by atoms with Gasteiger partial charge in [-0.3, -0.25) is 0 Å². The van der Waals surface area contributed by atoms with E-state index in [2.05, 4.69) is 0 Å². The van der Waals surface area contributed by atoms with E-state index in [4.69, 9.17) is 18.0 Å². The first-order valence-corrected chi connectivity index (χ1v) is 5.73. The van der Waals surface area contributed by atoms with Gasteiger partial charge >= 0.3 is 9.53 Å². The Morgan fingerprint density at radius 2 is 1.75 bits per heavy atom. The van der Waals surface area contributed by atoms with Crippen molar-refractivity contribution in [2.24, 2.45) is 0 Å². The van der Waals surface area contributed by atoms with Crippen LogP contribution in [-0.4, -0.2) is 35.1 Å². The molecule has 0 bridgehead atoms. The number of hydrogen-bond acceptors (Lipinski definition) is 4. The Kier molecular flexibility index (Phi) is 4.17. The van der Waals surface area contributed by atoms with Crippen LogP contribution in [0.1, 0.15) is 20.8 Å². The fourth-order valence-electron chi connectivity index (χ4n) is 0.817. The summed E-state index contributed by atoms with van der Waals surface area (Å²) in [5.74, 6) is 0. The van der Waals surface area contributed by atoms with Crippen LogP contribution in [0.3, 0.4) is 0 Å². The van der Waals surface area contributed by atoms with Crippen molar-refractivity contribution in [1.29, 1.82) is 0 Å². The molecule has 5 heteroatoms. The highest BCUT2D eigenvalue weighted by Gasteiger charge is 2.38. The summed E-state index contributed by atoms with van der Waals surface area (Å²) in [5, 5.41) is 0. The molecule has 0 N–H and O–H groups in total. The van der Waals surface area contributed by atoms with Crippen LogP contribution in [0.2, 0.25) is 0 Å². The minimum Gasteiger partial charge on any atom is -0.376 e. The standard InChI is InChI=1S/C7H16O4Si/c1-4-8-12(9-5-2)11-7-6(3)10-7/h6-7,12H,4-5H2,1-3H3. The van der Waals surface area contributed by atoms with Gasteiger partial charge in [0.15, 0.2) is 6.29 Å². The highest BCUT2D eigenvalue weighted by atomic mass is 28.3. The van der Waals surface area contributed by atoms with Crippen molar-refractivity contribution in [3.05, 3.63) is 0 Å². The lowest BCUT2D eigenvalue weighted by Gasteiger charge is -2.12. The van der Waals surface area contributed by atoms with Crippen LogP contribution < -0.4 is 0 Å². The third-order valence-corrected chi connectivity index (χ3v) is 3.21. The van der Waals surface area contributed by atoms with Crippen LogP contribution in [0.25, 0.3) is 0 Å². The van der Waals surface area contributed by atoms with Crippen LogP contribution >= 0.6 is 0 Å². The van der Waals surface area contributed by atoms with Crippen LogP contribution in [0, 0.1) is 0 Å². The zero-order valence-electron chi connectivity index (χ0n) is 7.78. The lowest BCUT2D eigenvalue weighted by molar-refractivity contribution is 0.0608. The fraction of sp³-hybridized carbons (Fsp3) is 1.00. The predicted molar refractivity (Wildman–Crippen MR) is 45.8 cm³/mol. The lowest BCUT2D eigenvalue weighted by atomic mass is 10.5. The number of rotatable bonds is 6. The maximum atomic E-state index is 5.43. The third-order valence-electron chi connectivity index (χ3n) is 1.51. The van der Waals surface area contributed by atoms with E-state index in [1.165, 1.54) is 0 Å². The van der Waals surface area contributed by atoms with E-state index in [9.17, 15) is 0 Å². The molecule has 1 aliphatic heterocycles. The quantitative estimate of drug-likeness (QED) is 0.455. The molecule has 0 aromatic heterocycles. The number of hydrogen-bond donors (Lipinski definition) is 0. The van der Waals surface area contributed by atoms with Gasteiger partial charge in [0.1, 0.15) is 6.10 Å². The minimum atomic E-state index is -1.89. The number of ether oxygens (including phenoxy) is 1. The topological polar surface area (TPSA) is 40.2 Å². The smallest absolute Gasteiger partial charge is 0.376 e. The highest BCUT2D eigenvalue weighted by molar-refractivity contribution is 6.36. The zero-order chi connectivity index (χ0) is 8.97. The molecule has 1 heterocycles. The Morgan fingerprint density at radius 3 is 2.08 bits per heavy atom. The summed E-state index contributed by atoms with van der Waals surface area (Å²) < 4.78 is 21.1. The molecule has 1 fully saturated rings. The van der Waals surface area contributed by atoms with Gasteiger partial charge in [0.05, 0.1) is 0 Å². The second kappa shape index (κ2) is 4.93. The highest BCUT2D eigenvalue weighted by Crippen LogP contribution is 2.23. The summed E-state index contributed by atoms with van der Waals surface area (Å²) in [5.41, 5.74) is 0. The van der Waals surface area contributed by atoms with E-state index in [-0.39, 0.29) is 12.4 Å². The van der Waals surface area contributed by atoms with Crippen molar-refractivity contribution in [3.8, 4) is 0 Å². The third kappa shape index (κ3) is 3.20. The molecule has 2 unspecified atom stereocenters. The molecule has 1 rings (SSSR count). The van der Waals surface area contributed by atoms with Crippen LogP contribution in [-0.2, 0) is 18.0 Å². The first kappa shape index (κ1) is 10.1. The molecule has 1 saturated heterocycles. The first-order valence-electron chi connectivity index (χ1n) is 4.32. The maximum absolute atomic E-state index is 5.43. The van der Waals surface area contributed by atoms with Gasteiger partial charge in [-0.2, -0.15) is 0 Å². The zero-order valence-corrected chi connectivity index (χ0v) is 8.93. The Labute approximate surface area is 74.7 Å². The number of epoxide rings is 1. The van der Waals surface area contributed by atoms with Gasteiger partial charge in [-0.1, -0.05) is 0 Å². The van der Waals surface area contributed by atoms with Gasteiger partial charge in [0.2, 0.25) is 0 Å². The molecule has 0 spiro atoms. The SMILES string of the molecule is CCO[SiH](OCC)OC1OC1C. The normalized spacial score (nSPS) is 28.0. The van der Waals surface area contributed by atoms with Gasteiger partial charge < -0.3 is 18.0 Å². The maximum Gasteiger partial charge on any atom is 0.486 e. The Balaban J connectivity index is 2.13. The summed E-state index contributed by atoms with van der Waals surface area (Å²) >= 11 is 0. The minimum absolute atomic E-state index is 0.0835. The van der Waals surface area contributed by atoms with E-state index >= 15 is 0 Å². The summed E-state index contributed by atoms with van der Waals surface area (Å²) in [6, 6.07) is 0. The molecule has 4 nitrogen and oxygen atoms in total. The molecular formula is C7H16O4Si. The molecule has 0 aromatic carbocycles. The van der Waals surface area contributed by atoms with E-state index in [0.717, 1.165) is 0 Å². The molecule has 12 heavy (non-hydrogen) atoms. The lowest BCUT2D eigenvalue weighted by Crippen LogP contribution is -2.28.